The van der Waals surface area contributed by atoms with Crippen LogP contribution in [0.3, 0.4) is 0 Å². The molecule has 1 aromatic rings. The molecule has 1 heterocycles. The molecule has 0 aromatic carbocycles. The molecule has 7 heteroatoms. The molecule has 0 unspecified atom stereocenters. The molecule has 0 atom stereocenters. The molecule has 0 bridgehead atoms. The molecule has 3 nitrogen and oxygen atoms in total. The Hall–Kier alpha value is -1.66. The summed E-state index contributed by atoms with van der Waals surface area (Å²) in [6, 6.07) is 1.28. The Morgan fingerprint density at radius 2 is 1.93 bits per heavy atom. The van der Waals surface area contributed by atoms with Gasteiger partial charge < -0.3 is 5.73 Å². The molecular formula is C7H4F4N2O. The SMILES string of the molecule is NC(=O)c1ccc(F)c(C(F)(F)F)n1. The van der Waals surface area contributed by atoms with Gasteiger partial charge in [-0.2, -0.15) is 13.2 Å². The van der Waals surface area contributed by atoms with Crippen molar-refractivity contribution in [2.45, 2.75) is 6.18 Å². The predicted molar refractivity (Wildman–Crippen MR) is 37.7 cm³/mol. The number of nitrogens with zero attached hydrogens (tertiary/aromatic N) is 1. The predicted octanol–water partition coefficient (Wildman–Crippen LogP) is 1.34. The lowest BCUT2D eigenvalue weighted by Crippen LogP contribution is -2.18. The van der Waals surface area contributed by atoms with Crippen molar-refractivity contribution >= 4 is 5.91 Å². The molecule has 0 aliphatic rings. The first kappa shape index (κ1) is 10.4. The average molecular weight is 208 g/mol. The highest BCUT2D eigenvalue weighted by molar-refractivity contribution is 5.90. The van der Waals surface area contributed by atoms with Gasteiger partial charge in [0.05, 0.1) is 0 Å². The number of halogens is 4. The summed E-state index contributed by atoms with van der Waals surface area (Å²) in [6.45, 7) is 0. The van der Waals surface area contributed by atoms with Gasteiger partial charge >= 0.3 is 6.18 Å². The zero-order valence-corrected chi connectivity index (χ0v) is 6.60. The summed E-state index contributed by atoms with van der Waals surface area (Å²) in [5.74, 6) is -2.68. The summed E-state index contributed by atoms with van der Waals surface area (Å²) in [4.78, 5) is 13.2. The summed E-state index contributed by atoms with van der Waals surface area (Å²) in [5, 5.41) is 0. The minimum atomic E-state index is -4.93. The maximum absolute atomic E-state index is 12.6. The monoisotopic (exact) mass is 208 g/mol. The summed E-state index contributed by atoms with van der Waals surface area (Å²) >= 11 is 0. The van der Waals surface area contributed by atoms with E-state index >= 15 is 0 Å². The summed E-state index contributed by atoms with van der Waals surface area (Å²) in [6.07, 6.45) is -4.93. The van der Waals surface area contributed by atoms with Gasteiger partial charge in [0.2, 0.25) is 0 Å². The number of hydrogen-bond donors (Lipinski definition) is 1. The summed E-state index contributed by atoms with van der Waals surface area (Å²) in [7, 11) is 0. The van der Waals surface area contributed by atoms with Crippen LogP contribution in [-0.4, -0.2) is 10.9 Å². The van der Waals surface area contributed by atoms with E-state index in [0.717, 1.165) is 6.07 Å². The van der Waals surface area contributed by atoms with Gasteiger partial charge in [-0.1, -0.05) is 0 Å². The lowest BCUT2D eigenvalue weighted by Gasteiger charge is -2.06. The first-order valence-corrected chi connectivity index (χ1v) is 3.36. The summed E-state index contributed by atoms with van der Waals surface area (Å²) < 4.78 is 48.7. The Morgan fingerprint density at radius 3 is 2.36 bits per heavy atom. The van der Waals surface area contributed by atoms with E-state index in [1.54, 1.807) is 0 Å². The van der Waals surface area contributed by atoms with Crippen molar-refractivity contribution in [3.8, 4) is 0 Å². The Bertz CT molecular complexity index is 374. The molecule has 2 N–H and O–H groups in total. The molecule has 0 saturated heterocycles. The highest BCUT2D eigenvalue weighted by Crippen LogP contribution is 2.29. The smallest absolute Gasteiger partial charge is 0.364 e. The lowest BCUT2D eigenvalue weighted by atomic mass is 10.2. The van der Waals surface area contributed by atoms with Gasteiger partial charge in [0.25, 0.3) is 5.91 Å². The van der Waals surface area contributed by atoms with E-state index in [1.807, 2.05) is 0 Å². The number of pyridine rings is 1. The van der Waals surface area contributed by atoms with Gasteiger partial charge in [0, 0.05) is 0 Å². The quantitative estimate of drug-likeness (QED) is 0.708. The minimum Gasteiger partial charge on any atom is -0.364 e. The number of nitrogens with two attached hydrogens (primary N) is 1. The Kier molecular flexibility index (Phi) is 2.41. The lowest BCUT2D eigenvalue weighted by molar-refractivity contribution is -0.143. The van der Waals surface area contributed by atoms with Crippen molar-refractivity contribution in [2.75, 3.05) is 0 Å². The van der Waals surface area contributed by atoms with Gasteiger partial charge in [-0.25, -0.2) is 9.37 Å². The largest absolute Gasteiger partial charge is 0.436 e. The third-order valence-electron chi connectivity index (χ3n) is 1.37. The fourth-order valence-corrected chi connectivity index (χ4v) is 0.778. The van der Waals surface area contributed by atoms with Crippen molar-refractivity contribution in [2.24, 2.45) is 5.73 Å². The van der Waals surface area contributed by atoms with E-state index < -0.39 is 29.3 Å². The first-order chi connectivity index (χ1) is 6.32. The van der Waals surface area contributed by atoms with Crippen molar-refractivity contribution in [3.05, 3.63) is 29.3 Å². The average Bonchev–Trinajstić information content (AvgIpc) is 2.02. The van der Waals surface area contributed by atoms with E-state index in [0.29, 0.717) is 6.07 Å². The molecule has 0 aliphatic carbocycles. The molecule has 0 aliphatic heterocycles. The Labute approximate surface area is 75.5 Å². The molecule has 1 rings (SSSR count). The van der Waals surface area contributed by atoms with E-state index in [1.165, 1.54) is 0 Å². The van der Waals surface area contributed by atoms with E-state index in [9.17, 15) is 22.4 Å². The van der Waals surface area contributed by atoms with E-state index in [4.69, 9.17) is 0 Å². The zero-order chi connectivity index (χ0) is 10.9. The molecule has 1 amide bonds. The number of carbonyl (C=O) groups is 1. The number of alkyl halides is 3. The fraction of sp³-hybridized carbons (Fsp3) is 0.143. The van der Waals surface area contributed by atoms with Crippen molar-refractivity contribution < 1.29 is 22.4 Å². The maximum Gasteiger partial charge on any atom is 0.436 e. The number of primary amides is 1. The van der Waals surface area contributed by atoms with Crippen LogP contribution in [0.1, 0.15) is 16.2 Å². The molecule has 0 saturated carbocycles. The Morgan fingerprint density at radius 1 is 1.36 bits per heavy atom. The van der Waals surface area contributed by atoms with Gasteiger partial charge in [-0.3, -0.25) is 4.79 Å². The van der Waals surface area contributed by atoms with Crippen LogP contribution in [0.15, 0.2) is 12.1 Å². The van der Waals surface area contributed by atoms with Gasteiger partial charge in [-0.15, -0.1) is 0 Å². The van der Waals surface area contributed by atoms with Crippen LogP contribution in [0.2, 0.25) is 0 Å². The van der Waals surface area contributed by atoms with E-state index in [-0.39, 0.29) is 0 Å². The standard InChI is InChI=1S/C7H4F4N2O/c8-3-1-2-4(6(12)14)13-5(3)7(9,10)11/h1-2H,(H2,12,14). The minimum absolute atomic E-state index is 0.496. The van der Waals surface area contributed by atoms with Crippen LogP contribution in [0.5, 0.6) is 0 Å². The fourth-order valence-electron chi connectivity index (χ4n) is 0.778. The van der Waals surface area contributed by atoms with Gasteiger partial charge in [0.15, 0.2) is 11.5 Å². The summed E-state index contributed by atoms with van der Waals surface area (Å²) in [5.41, 5.74) is 2.32. The zero-order valence-electron chi connectivity index (χ0n) is 6.60. The molecule has 1 aromatic heterocycles. The topological polar surface area (TPSA) is 56.0 Å². The first-order valence-electron chi connectivity index (χ1n) is 3.36. The molecule has 76 valence electrons. The second-order valence-electron chi connectivity index (χ2n) is 2.39. The number of hydrogen-bond acceptors (Lipinski definition) is 2. The van der Waals surface area contributed by atoms with Crippen molar-refractivity contribution in [3.63, 3.8) is 0 Å². The second kappa shape index (κ2) is 3.24. The highest BCUT2D eigenvalue weighted by Gasteiger charge is 2.36. The van der Waals surface area contributed by atoms with Crippen molar-refractivity contribution in [1.29, 1.82) is 0 Å². The van der Waals surface area contributed by atoms with Crippen LogP contribution < -0.4 is 5.73 Å². The van der Waals surface area contributed by atoms with E-state index in [2.05, 4.69) is 10.7 Å². The Balaban J connectivity index is 3.29. The number of rotatable bonds is 1. The van der Waals surface area contributed by atoms with Gasteiger partial charge in [0.1, 0.15) is 5.69 Å². The number of carbonyl (C=O) groups excluding carboxylic acids is 1. The maximum atomic E-state index is 12.6. The highest BCUT2D eigenvalue weighted by atomic mass is 19.4. The molecule has 0 fully saturated rings. The van der Waals surface area contributed by atoms with Crippen LogP contribution in [0.25, 0.3) is 0 Å². The molecule has 0 spiro atoms. The third kappa shape index (κ3) is 1.98. The molecule has 0 radical (unpaired) electrons. The molecular weight excluding hydrogens is 204 g/mol. The van der Waals surface area contributed by atoms with Crippen LogP contribution in [-0.2, 0) is 6.18 Å². The second-order valence-corrected chi connectivity index (χ2v) is 2.39. The third-order valence-corrected chi connectivity index (χ3v) is 1.37. The molecule has 14 heavy (non-hydrogen) atoms. The van der Waals surface area contributed by atoms with Crippen LogP contribution in [0, 0.1) is 5.82 Å². The van der Waals surface area contributed by atoms with Crippen molar-refractivity contribution in [1.82, 2.24) is 4.98 Å². The normalized spacial score (nSPS) is 11.4. The van der Waals surface area contributed by atoms with Gasteiger partial charge in [-0.05, 0) is 12.1 Å². The van der Waals surface area contributed by atoms with Crippen LogP contribution >= 0.6 is 0 Å². The van der Waals surface area contributed by atoms with Crippen LogP contribution in [0.4, 0.5) is 17.6 Å². The number of aromatic nitrogens is 1. The number of amides is 1.